The molecule has 0 bridgehead atoms. The van der Waals surface area contributed by atoms with E-state index < -0.39 is 0 Å². The Hall–Kier alpha value is -2.36. The van der Waals surface area contributed by atoms with Crippen LogP contribution in [-0.2, 0) is 6.42 Å². The van der Waals surface area contributed by atoms with Gasteiger partial charge in [-0.2, -0.15) is 0 Å². The summed E-state index contributed by atoms with van der Waals surface area (Å²) in [4.78, 5) is 2.32. The number of benzene rings is 2. The number of methoxy groups -OCH3 is 1. The van der Waals surface area contributed by atoms with Gasteiger partial charge in [-0.15, -0.1) is 0 Å². The van der Waals surface area contributed by atoms with Gasteiger partial charge in [-0.05, 0) is 30.7 Å². The van der Waals surface area contributed by atoms with E-state index in [1.807, 2.05) is 36.4 Å². The first-order valence-corrected chi connectivity index (χ1v) is 7.17. The number of nitrogens with zero attached hydrogens (tertiary/aromatic N) is 1. The first-order valence-electron chi connectivity index (χ1n) is 7.17. The van der Waals surface area contributed by atoms with E-state index in [-0.39, 0.29) is 0 Å². The van der Waals surface area contributed by atoms with Crippen molar-refractivity contribution in [3.05, 3.63) is 48.0 Å². The van der Waals surface area contributed by atoms with Gasteiger partial charge >= 0.3 is 0 Å². The Balaban J connectivity index is 1.62. The molecule has 0 fully saturated rings. The molecule has 0 atom stereocenters. The first kappa shape index (κ1) is 13.6. The summed E-state index contributed by atoms with van der Waals surface area (Å²) in [6.07, 6.45) is 1.01. The van der Waals surface area contributed by atoms with Crippen molar-refractivity contribution in [1.29, 1.82) is 0 Å². The molecule has 1 aliphatic heterocycles. The lowest BCUT2D eigenvalue weighted by molar-refractivity contribution is 0.300. The summed E-state index contributed by atoms with van der Waals surface area (Å²) < 4.78 is 11.1. The molecule has 4 heteroatoms. The molecule has 0 saturated carbocycles. The van der Waals surface area contributed by atoms with Crippen LogP contribution in [0.4, 0.5) is 11.4 Å². The average molecular weight is 284 g/mol. The Bertz CT molecular complexity index is 628. The van der Waals surface area contributed by atoms with Crippen molar-refractivity contribution in [2.45, 2.75) is 6.42 Å². The van der Waals surface area contributed by atoms with Crippen LogP contribution in [-0.4, -0.2) is 26.8 Å². The van der Waals surface area contributed by atoms with E-state index in [0.717, 1.165) is 36.7 Å². The molecule has 0 saturated heterocycles. The predicted octanol–water partition coefficient (Wildman–Crippen LogP) is 2.72. The van der Waals surface area contributed by atoms with Crippen molar-refractivity contribution in [2.24, 2.45) is 0 Å². The quantitative estimate of drug-likeness (QED) is 0.858. The van der Waals surface area contributed by atoms with Gasteiger partial charge in [0.25, 0.3) is 0 Å². The Kier molecular flexibility index (Phi) is 3.86. The number of anilines is 2. The van der Waals surface area contributed by atoms with Crippen LogP contribution in [0.3, 0.4) is 0 Å². The van der Waals surface area contributed by atoms with Crippen molar-refractivity contribution in [3.63, 3.8) is 0 Å². The third-order valence-corrected chi connectivity index (χ3v) is 3.85. The van der Waals surface area contributed by atoms with E-state index in [2.05, 4.69) is 11.0 Å². The Labute approximate surface area is 125 Å². The molecule has 0 spiro atoms. The van der Waals surface area contributed by atoms with E-state index >= 15 is 0 Å². The lowest BCUT2D eigenvalue weighted by Crippen LogP contribution is -2.26. The lowest BCUT2D eigenvalue weighted by atomic mass is 10.1. The van der Waals surface area contributed by atoms with Gasteiger partial charge in [0, 0.05) is 23.5 Å². The third-order valence-electron chi connectivity index (χ3n) is 3.85. The molecule has 1 heterocycles. The van der Waals surface area contributed by atoms with Gasteiger partial charge in [0.2, 0.25) is 0 Å². The van der Waals surface area contributed by atoms with Crippen molar-refractivity contribution in [3.8, 4) is 11.5 Å². The van der Waals surface area contributed by atoms with Gasteiger partial charge in [-0.3, -0.25) is 0 Å². The molecule has 4 nitrogen and oxygen atoms in total. The molecule has 0 aliphatic carbocycles. The zero-order valence-electron chi connectivity index (χ0n) is 12.2. The standard InChI is InChI=1S/C17H20N2O2/c1-20-16-7-2-3-8-17(16)21-12-11-19-10-9-13-14(18)5-4-6-15(13)19/h2-8H,9-12,18H2,1H3. The summed E-state index contributed by atoms with van der Waals surface area (Å²) in [6, 6.07) is 13.8. The smallest absolute Gasteiger partial charge is 0.161 e. The van der Waals surface area contributed by atoms with Gasteiger partial charge in [-0.25, -0.2) is 0 Å². The molecule has 0 aromatic heterocycles. The van der Waals surface area contributed by atoms with Crippen LogP contribution in [0.1, 0.15) is 5.56 Å². The molecule has 0 unspecified atom stereocenters. The van der Waals surface area contributed by atoms with Crippen LogP contribution in [0.2, 0.25) is 0 Å². The highest BCUT2D eigenvalue weighted by atomic mass is 16.5. The van der Waals surface area contributed by atoms with Crippen LogP contribution in [0.5, 0.6) is 11.5 Å². The summed E-state index contributed by atoms with van der Waals surface area (Å²) in [5.41, 5.74) is 9.40. The lowest BCUT2D eigenvalue weighted by Gasteiger charge is -2.20. The normalized spacial score (nSPS) is 13.1. The second-order valence-corrected chi connectivity index (χ2v) is 5.08. The van der Waals surface area contributed by atoms with Crippen molar-refractivity contribution >= 4 is 11.4 Å². The molecule has 0 amide bonds. The van der Waals surface area contributed by atoms with Gasteiger partial charge in [0.1, 0.15) is 6.61 Å². The summed E-state index contributed by atoms with van der Waals surface area (Å²) in [5, 5.41) is 0. The van der Waals surface area contributed by atoms with Crippen LogP contribution in [0.25, 0.3) is 0 Å². The molecule has 0 radical (unpaired) electrons. The third kappa shape index (κ3) is 2.75. The number of nitrogens with two attached hydrogens (primary N) is 1. The highest BCUT2D eigenvalue weighted by molar-refractivity contribution is 5.68. The second kappa shape index (κ2) is 5.95. The summed E-state index contributed by atoms with van der Waals surface area (Å²) in [6.45, 7) is 2.46. The number of fused-ring (bicyclic) bond motifs is 1. The van der Waals surface area contributed by atoms with Crippen molar-refractivity contribution in [1.82, 2.24) is 0 Å². The Morgan fingerprint density at radius 1 is 1.10 bits per heavy atom. The van der Waals surface area contributed by atoms with E-state index in [4.69, 9.17) is 15.2 Å². The monoisotopic (exact) mass is 284 g/mol. The van der Waals surface area contributed by atoms with Gasteiger partial charge in [0.05, 0.1) is 13.7 Å². The number of ether oxygens (including phenoxy) is 2. The number of rotatable bonds is 5. The maximum atomic E-state index is 6.02. The Morgan fingerprint density at radius 3 is 2.71 bits per heavy atom. The molecule has 3 rings (SSSR count). The number of hydrogen-bond acceptors (Lipinski definition) is 4. The van der Waals surface area contributed by atoms with E-state index in [1.54, 1.807) is 7.11 Å². The molecule has 21 heavy (non-hydrogen) atoms. The topological polar surface area (TPSA) is 47.7 Å². The van der Waals surface area contributed by atoms with Gasteiger partial charge < -0.3 is 20.1 Å². The minimum absolute atomic E-state index is 0.620. The zero-order valence-corrected chi connectivity index (χ0v) is 12.2. The molecule has 2 aromatic rings. The molecular weight excluding hydrogens is 264 g/mol. The van der Waals surface area contributed by atoms with Crippen LogP contribution < -0.4 is 20.1 Å². The zero-order chi connectivity index (χ0) is 14.7. The highest BCUT2D eigenvalue weighted by Gasteiger charge is 2.20. The van der Waals surface area contributed by atoms with Crippen LogP contribution in [0.15, 0.2) is 42.5 Å². The molecule has 2 N–H and O–H groups in total. The predicted molar refractivity (Wildman–Crippen MR) is 85.3 cm³/mol. The molecule has 2 aromatic carbocycles. The SMILES string of the molecule is COc1ccccc1OCCN1CCc2c(N)cccc21. The summed E-state index contributed by atoms with van der Waals surface area (Å²) in [7, 11) is 1.65. The van der Waals surface area contributed by atoms with Crippen molar-refractivity contribution in [2.75, 3.05) is 37.4 Å². The second-order valence-electron chi connectivity index (χ2n) is 5.08. The Morgan fingerprint density at radius 2 is 1.90 bits per heavy atom. The molecule has 110 valence electrons. The largest absolute Gasteiger partial charge is 0.493 e. The average Bonchev–Trinajstić information content (AvgIpc) is 2.93. The maximum absolute atomic E-state index is 6.02. The minimum Gasteiger partial charge on any atom is -0.493 e. The fourth-order valence-corrected chi connectivity index (χ4v) is 2.76. The van der Waals surface area contributed by atoms with Crippen LogP contribution in [0, 0.1) is 0 Å². The molecule has 1 aliphatic rings. The highest BCUT2D eigenvalue weighted by Crippen LogP contribution is 2.32. The first-order chi connectivity index (χ1) is 10.3. The van der Waals surface area contributed by atoms with Crippen LogP contribution >= 0.6 is 0 Å². The van der Waals surface area contributed by atoms with Crippen molar-refractivity contribution < 1.29 is 9.47 Å². The fraction of sp³-hybridized carbons (Fsp3) is 0.294. The number of para-hydroxylation sites is 2. The minimum atomic E-state index is 0.620. The summed E-state index contributed by atoms with van der Waals surface area (Å²) >= 11 is 0. The van der Waals surface area contributed by atoms with E-state index in [9.17, 15) is 0 Å². The molecular formula is C17H20N2O2. The van der Waals surface area contributed by atoms with Gasteiger partial charge in [0.15, 0.2) is 11.5 Å². The van der Waals surface area contributed by atoms with E-state index in [0.29, 0.717) is 6.61 Å². The summed E-state index contributed by atoms with van der Waals surface area (Å²) in [5.74, 6) is 1.55. The maximum Gasteiger partial charge on any atom is 0.161 e. The van der Waals surface area contributed by atoms with Gasteiger partial charge in [-0.1, -0.05) is 18.2 Å². The number of nitrogen functional groups attached to an aromatic ring is 1. The van der Waals surface area contributed by atoms with E-state index in [1.165, 1.54) is 11.3 Å². The fourth-order valence-electron chi connectivity index (χ4n) is 2.76. The number of hydrogen-bond donors (Lipinski definition) is 1.